The number of carboxylic acid groups (broad SMARTS) is 1. The van der Waals surface area contributed by atoms with Crippen molar-refractivity contribution in [2.75, 3.05) is 6.61 Å². The van der Waals surface area contributed by atoms with E-state index < -0.39 is 24.1 Å². The van der Waals surface area contributed by atoms with Gasteiger partial charge in [-0.2, -0.15) is 0 Å². The molecule has 1 saturated heterocycles. The number of likely N-dealkylation sites (tertiary alicyclic amines) is 1. The summed E-state index contributed by atoms with van der Waals surface area (Å²) in [6.07, 6.45) is 5.69. The van der Waals surface area contributed by atoms with Crippen molar-refractivity contribution in [1.29, 1.82) is 0 Å². The van der Waals surface area contributed by atoms with Crippen molar-refractivity contribution in [3.05, 3.63) is 0 Å². The van der Waals surface area contributed by atoms with Crippen molar-refractivity contribution in [1.82, 2.24) is 10.2 Å². The molecule has 5 atom stereocenters. The summed E-state index contributed by atoms with van der Waals surface area (Å²) in [7, 11) is 0. The first kappa shape index (κ1) is 27.4. The number of nitrogens with zero attached hydrogens (tertiary/aromatic N) is 1. The van der Waals surface area contributed by atoms with Gasteiger partial charge in [-0.05, 0) is 66.2 Å². The normalized spacial score (nSPS) is 25.0. The molecule has 2 rings (SSSR count). The number of hydrogen-bond acceptors (Lipinski definition) is 6. The zero-order valence-electron chi connectivity index (χ0n) is 20.2. The van der Waals surface area contributed by atoms with Crippen LogP contribution in [0.2, 0.25) is 0 Å². The number of rotatable bonds is 8. The van der Waals surface area contributed by atoms with Crippen LogP contribution in [0.5, 0.6) is 0 Å². The van der Waals surface area contributed by atoms with E-state index in [9.17, 15) is 19.5 Å². The van der Waals surface area contributed by atoms with E-state index >= 15 is 0 Å². The molecule has 180 valence electrons. The second-order valence-corrected chi connectivity index (χ2v) is 9.97. The number of aliphatic carboxylic acids is 1. The van der Waals surface area contributed by atoms with Crippen LogP contribution >= 0.6 is 0 Å². The van der Waals surface area contributed by atoms with E-state index in [0.29, 0.717) is 12.8 Å². The van der Waals surface area contributed by atoms with Crippen LogP contribution in [0.1, 0.15) is 86.5 Å². The van der Waals surface area contributed by atoms with Crippen LogP contribution in [-0.4, -0.2) is 59.1 Å². The molecule has 31 heavy (non-hydrogen) atoms. The molecular formula is C23H43N3O5. The molecule has 1 unspecified atom stereocenters. The van der Waals surface area contributed by atoms with Crippen molar-refractivity contribution >= 4 is 17.8 Å². The number of ether oxygens (including phenoxy) is 1. The second kappa shape index (κ2) is 12.4. The lowest BCUT2D eigenvalue weighted by molar-refractivity contribution is -0.458. The number of hydrogen-bond donors (Lipinski definition) is 2. The first-order valence-corrected chi connectivity index (χ1v) is 11.7. The van der Waals surface area contributed by atoms with E-state index in [1.807, 2.05) is 6.92 Å². The molecule has 0 spiro atoms. The molecule has 1 amide bonds. The van der Waals surface area contributed by atoms with Gasteiger partial charge in [0.15, 0.2) is 0 Å². The summed E-state index contributed by atoms with van der Waals surface area (Å²) < 4.78 is 5.08. The largest absolute Gasteiger partial charge is 0.548 e. The van der Waals surface area contributed by atoms with Gasteiger partial charge in [0.1, 0.15) is 6.04 Å². The van der Waals surface area contributed by atoms with Crippen LogP contribution in [0.3, 0.4) is 0 Å². The molecule has 0 aromatic heterocycles. The Kier molecular flexibility index (Phi) is 10.9. The summed E-state index contributed by atoms with van der Waals surface area (Å²) in [5.74, 6) is -1.59. The van der Waals surface area contributed by atoms with Gasteiger partial charge in [-0.3, -0.25) is 14.9 Å². The predicted octanol–water partition coefficient (Wildman–Crippen LogP) is 0.633. The Balaban J connectivity index is 0.000000861. The average molecular weight is 442 g/mol. The zero-order valence-corrected chi connectivity index (χ0v) is 20.2. The van der Waals surface area contributed by atoms with E-state index in [4.69, 9.17) is 4.74 Å². The molecule has 1 aliphatic carbocycles. The third-order valence-corrected chi connectivity index (χ3v) is 5.58. The average Bonchev–Trinajstić information content (AvgIpc) is 3.05. The van der Waals surface area contributed by atoms with E-state index in [2.05, 4.69) is 31.8 Å². The Hall–Kier alpha value is -1.67. The van der Waals surface area contributed by atoms with Gasteiger partial charge in [0.2, 0.25) is 5.91 Å². The number of quaternary nitrogens is 1. The molecule has 2 fully saturated rings. The van der Waals surface area contributed by atoms with Crippen LogP contribution in [0.4, 0.5) is 0 Å². The number of carbonyl (C=O) groups is 3. The topological polar surface area (TPSA) is 126 Å². The molecule has 1 aliphatic heterocycles. The van der Waals surface area contributed by atoms with E-state index in [1.165, 1.54) is 4.90 Å². The van der Waals surface area contributed by atoms with Gasteiger partial charge in [0.25, 0.3) is 0 Å². The number of nitrogens with one attached hydrogen (secondary N) is 1. The van der Waals surface area contributed by atoms with Crippen LogP contribution < -0.4 is 16.2 Å². The maximum Gasteiger partial charge on any atom is 0.323 e. The van der Waals surface area contributed by atoms with Crippen molar-refractivity contribution in [3.8, 4) is 0 Å². The second-order valence-electron chi connectivity index (χ2n) is 9.97. The standard InChI is InChI=1S/C19H32N2O5.C4H11N/c1-4-8-14(19(25)26-5-2)20-12(3)17(22)21-15-10-7-6-9-13(15)11-16(21)18(23)24;1-4(2,3)5/h12-16,20H,4-11H2,1-3H3,(H,23,24);5H2,1-3H3/t12-,13-,14?,15-,16-;/m0./s1. The van der Waals surface area contributed by atoms with Crippen LogP contribution in [-0.2, 0) is 19.1 Å². The van der Waals surface area contributed by atoms with Gasteiger partial charge < -0.3 is 25.3 Å². The van der Waals surface area contributed by atoms with Gasteiger partial charge in [-0.15, -0.1) is 0 Å². The number of carboxylic acids is 1. The van der Waals surface area contributed by atoms with E-state index in [1.54, 1.807) is 13.8 Å². The van der Waals surface area contributed by atoms with Gasteiger partial charge in [-0.25, -0.2) is 0 Å². The van der Waals surface area contributed by atoms with Gasteiger partial charge in [-0.1, -0.05) is 26.2 Å². The highest BCUT2D eigenvalue weighted by Crippen LogP contribution is 2.39. The molecular weight excluding hydrogens is 398 g/mol. The van der Waals surface area contributed by atoms with Crippen molar-refractivity contribution in [2.45, 2.75) is 116 Å². The highest BCUT2D eigenvalue weighted by atomic mass is 16.5. The minimum atomic E-state index is -1.18. The molecule has 1 saturated carbocycles. The fourth-order valence-electron chi connectivity index (χ4n) is 4.38. The lowest BCUT2D eigenvalue weighted by Crippen LogP contribution is -2.67. The Morgan fingerprint density at radius 2 is 1.77 bits per heavy atom. The minimum Gasteiger partial charge on any atom is -0.548 e. The third kappa shape index (κ3) is 8.77. The predicted molar refractivity (Wildman–Crippen MR) is 117 cm³/mol. The molecule has 8 heteroatoms. The number of amides is 1. The van der Waals surface area contributed by atoms with Crippen LogP contribution in [0.15, 0.2) is 0 Å². The maximum atomic E-state index is 13.1. The zero-order chi connectivity index (χ0) is 23.8. The first-order valence-electron chi connectivity index (χ1n) is 11.7. The molecule has 4 N–H and O–H groups in total. The summed E-state index contributed by atoms with van der Waals surface area (Å²) in [6, 6.07) is -2.12. The first-order chi connectivity index (χ1) is 14.4. The fraction of sp³-hybridized carbons (Fsp3) is 0.870. The summed E-state index contributed by atoms with van der Waals surface area (Å²) in [5.41, 5.74) is 4.02. The van der Waals surface area contributed by atoms with Gasteiger partial charge in [0, 0.05) is 6.04 Å². The molecule has 0 aromatic rings. The Bertz CT molecular complexity index is 599. The Labute approximate surface area is 187 Å². The number of fused-ring (bicyclic) bond motifs is 1. The smallest absolute Gasteiger partial charge is 0.323 e. The molecule has 0 bridgehead atoms. The summed E-state index contributed by atoms with van der Waals surface area (Å²) in [5, 5.41) is 14.7. The molecule has 0 aromatic carbocycles. The lowest BCUT2D eigenvalue weighted by atomic mass is 9.84. The van der Waals surface area contributed by atoms with Gasteiger partial charge >= 0.3 is 5.97 Å². The molecule has 2 aliphatic rings. The summed E-state index contributed by atoms with van der Waals surface area (Å²) in [6.45, 7) is 11.9. The highest BCUT2D eigenvalue weighted by molar-refractivity contribution is 5.88. The van der Waals surface area contributed by atoms with Crippen LogP contribution in [0, 0.1) is 5.92 Å². The Morgan fingerprint density at radius 3 is 2.29 bits per heavy atom. The summed E-state index contributed by atoms with van der Waals surface area (Å²) >= 11 is 0. The fourth-order valence-corrected chi connectivity index (χ4v) is 4.38. The molecule has 8 nitrogen and oxygen atoms in total. The molecule has 1 heterocycles. The van der Waals surface area contributed by atoms with E-state index in [-0.39, 0.29) is 36.0 Å². The minimum absolute atomic E-state index is 0.0318. The maximum absolute atomic E-state index is 13.1. The highest BCUT2D eigenvalue weighted by Gasteiger charge is 2.46. The van der Waals surface area contributed by atoms with E-state index in [0.717, 1.165) is 32.1 Å². The molecule has 0 radical (unpaired) electrons. The van der Waals surface area contributed by atoms with Crippen molar-refractivity contribution in [2.24, 2.45) is 5.92 Å². The quantitative estimate of drug-likeness (QED) is 0.532. The number of esters is 1. The Morgan fingerprint density at radius 1 is 1.19 bits per heavy atom. The number of carbonyl (C=O) groups excluding carboxylic acids is 3. The van der Waals surface area contributed by atoms with Crippen LogP contribution in [0.25, 0.3) is 0 Å². The van der Waals surface area contributed by atoms with Crippen molar-refractivity contribution in [3.63, 3.8) is 0 Å². The third-order valence-electron chi connectivity index (χ3n) is 5.58. The SMILES string of the molecule is CC(C)(C)[NH3+].CCCC(N[C@@H](C)C(=O)N1[C@H](C(=O)[O-])C[C@@H]2CCCC[C@@H]21)C(=O)OCC. The van der Waals surface area contributed by atoms with Gasteiger partial charge in [0.05, 0.1) is 30.2 Å². The monoisotopic (exact) mass is 441 g/mol. The van der Waals surface area contributed by atoms with Crippen molar-refractivity contribution < 1.29 is 30.0 Å². The summed E-state index contributed by atoms with van der Waals surface area (Å²) in [4.78, 5) is 38.3. The lowest BCUT2D eigenvalue weighted by Gasteiger charge is -2.36.